The van der Waals surface area contributed by atoms with Crippen LogP contribution in [0.3, 0.4) is 0 Å². The zero-order valence-corrected chi connectivity index (χ0v) is 10.7. The summed E-state index contributed by atoms with van der Waals surface area (Å²) in [6.45, 7) is 0. The van der Waals surface area contributed by atoms with Crippen LogP contribution in [0.25, 0.3) is 6.08 Å². The normalized spacial score (nSPS) is 21.5. The summed E-state index contributed by atoms with van der Waals surface area (Å²) in [7, 11) is 0. The Hall–Kier alpha value is -1.29. The highest BCUT2D eigenvalue weighted by Gasteiger charge is 2.35. The second-order valence-corrected chi connectivity index (χ2v) is 4.53. The lowest BCUT2D eigenvalue weighted by atomic mass is 10.1. The van der Waals surface area contributed by atoms with E-state index in [1.54, 1.807) is 6.08 Å². The molecule has 5 heteroatoms. The topological polar surface area (TPSA) is 46.5 Å². The number of hydrogen-bond acceptors (Lipinski definition) is 3. The van der Waals surface area contributed by atoms with E-state index < -0.39 is 18.2 Å². The molecule has 1 aliphatic rings. The van der Waals surface area contributed by atoms with Gasteiger partial charge in [-0.25, -0.2) is 4.79 Å². The molecule has 2 atom stereocenters. The van der Waals surface area contributed by atoms with Crippen LogP contribution < -0.4 is 0 Å². The first-order chi connectivity index (χ1) is 8.59. The Labute approximate surface area is 114 Å². The molecule has 3 nitrogen and oxygen atoms in total. The summed E-state index contributed by atoms with van der Waals surface area (Å²) in [6, 6.07) is 9.42. The Kier molecular flexibility index (Phi) is 4.07. The molecule has 1 aromatic carbocycles. The minimum atomic E-state index is -1.03. The van der Waals surface area contributed by atoms with Crippen LogP contribution in [-0.4, -0.2) is 23.3 Å². The van der Waals surface area contributed by atoms with Crippen LogP contribution in [-0.2, 0) is 9.53 Å². The zero-order chi connectivity index (χ0) is 13.1. The van der Waals surface area contributed by atoms with Gasteiger partial charge in [-0.05, 0) is 5.56 Å². The summed E-state index contributed by atoms with van der Waals surface area (Å²) < 4.78 is 4.86. The van der Waals surface area contributed by atoms with Crippen LogP contribution in [0.15, 0.2) is 46.5 Å². The van der Waals surface area contributed by atoms with Gasteiger partial charge in [-0.2, -0.15) is 0 Å². The van der Waals surface area contributed by atoms with Crippen LogP contribution in [0.1, 0.15) is 5.56 Å². The molecule has 0 aromatic heterocycles. The molecule has 0 bridgehead atoms. The van der Waals surface area contributed by atoms with Crippen molar-refractivity contribution in [1.29, 1.82) is 0 Å². The molecule has 2 rings (SSSR count). The smallest absolute Gasteiger partial charge is 0.351 e. The first-order valence-electron chi connectivity index (χ1n) is 5.27. The second-order valence-electron chi connectivity index (χ2n) is 3.75. The number of aliphatic hydroxyl groups is 1. The second kappa shape index (κ2) is 5.57. The van der Waals surface area contributed by atoms with E-state index in [1.165, 1.54) is 6.08 Å². The van der Waals surface area contributed by atoms with E-state index in [0.29, 0.717) is 0 Å². The van der Waals surface area contributed by atoms with Gasteiger partial charge in [-0.15, -0.1) is 0 Å². The maximum Gasteiger partial charge on any atom is 0.351 e. The monoisotopic (exact) mass is 284 g/mol. The molecule has 18 heavy (non-hydrogen) atoms. The predicted molar refractivity (Wildman–Crippen MR) is 70.1 cm³/mol. The van der Waals surface area contributed by atoms with E-state index in [2.05, 4.69) is 0 Å². The average molecular weight is 285 g/mol. The highest BCUT2D eigenvalue weighted by atomic mass is 35.5. The van der Waals surface area contributed by atoms with E-state index in [4.69, 9.17) is 27.9 Å². The summed E-state index contributed by atoms with van der Waals surface area (Å²) in [5.41, 5.74) is 0.923. The molecule has 1 N–H and O–H groups in total. The lowest BCUT2D eigenvalue weighted by Gasteiger charge is -2.13. The number of carbonyl (C=O) groups is 1. The SMILES string of the molecule is O=C1O[C@H]([C@H](O)/C=C/c2ccccc2)C(Cl)=C1Cl. The van der Waals surface area contributed by atoms with E-state index in [-0.39, 0.29) is 10.1 Å². The van der Waals surface area contributed by atoms with Crippen molar-refractivity contribution >= 4 is 35.2 Å². The molecule has 0 saturated carbocycles. The standard InChI is InChI=1S/C13H10Cl2O3/c14-10-11(15)13(17)18-12(10)9(16)7-6-8-4-2-1-3-5-8/h1-7,9,12,16H/b7-6+/t9-,12-/m1/s1. The molecular weight excluding hydrogens is 275 g/mol. The number of carbonyl (C=O) groups excluding carboxylic acids is 1. The summed E-state index contributed by atoms with van der Waals surface area (Å²) in [4.78, 5) is 11.1. The molecule has 0 amide bonds. The number of cyclic esters (lactones) is 1. The van der Waals surface area contributed by atoms with Gasteiger partial charge >= 0.3 is 5.97 Å². The minimum absolute atomic E-state index is 0.0341. The molecule has 0 radical (unpaired) electrons. The highest BCUT2D eigenvalue weighted by Crippen LogP contribution is 2.31. The number of rotatable bonds is 3. The van der Waals surface area contributed by atoms with Crippen molar-refractivity contribution in [3.05, 3.63) is 52.0 Å². The first-order valence-corrected chi connectivity index (χ1v) is 6.02. The Balaban J connectivity index is 2.08. The van der Waals surface area contributed by atoms with Crippen molar-refractivity contribution in [2.24, 2.45) is 0 Å². The van der Waals surface area contributed by atoms with E-state index >= 15 is 0 Å². The molecule has 0 spiro atoms. The lowest BCUT2D eigenvalue weighted by Crippen LogP contribution is -2.25. The number of benzene rings is 1. The zero-order valence-electron chi connectivity index (χ0n) is 9.22. The maximum absolute atomic E-state index is 11.1. The fraction of sp³-hybridized carbons (Fsp3) is 0.154. The first kappa shape index (κ1) is 13.1. The fourth-order valence-corrected chi connectivity index (χ4v) is 1.94. The average Bonchev–Trinajstić information content (AvgIpc) is 2.65. The highest BCUT2D eigenvalue weighted by molar-refractivity contribution is 6.48. The van der Waals surface area contributed by atoms with Crippen molar-refractivity contribution in [1.82, 2.24) is 0 Å². The third-order valence-electron chi connectivity index (χ3n) is 2.47. The molecule has 1 heterocycles. The molecule has 94 valence electrons. The number of esters is 1. The summed E-state index contributed by atoms with van der Waals surface area (Å²) in [6.07, 6.45) is 1.27. The summed E-state index contributed by atoms with van der Waals surface area (Å²) in [5, 5.41) is 9.74. The van der Waals surface area contributed by atoms with Crippen molar-refractivity contribution < 1.29 is 14.6 Å². The van der Waals surface area contributed by atoms with Gasteiger partial charge in [0.15, 0.2) is 6.10 Å². The fourth-order valence-electron chi connectivity index (χ4n) is 1.54. The number of hydrogen-bond donors (Lipinski definition) is 1. The van der Waals surface area contributed by atoms with Gasteiger partial charge in [0.2, 0.25) is 0 Å². The molecular formula is C13H10Cl2O3. The van der Waals surface area contributed by atoms with Crippen LogP contribution in [0.5, 0.6) is 0 Å². The van der Waals surface area contributed by atoms with Gasteiger partial charge in [-0.1, -0.05) is 65.7 Å². The van der Waals surface area contributed by atoms with Crippen molar-refractivity contribution in [2.75, 3.05) is 0 Å². The van der Waals surface area contributed by atoms with Gasteiger partial charge in [0.1, 0.15) is 11.1 Å². The van der Waals surface area contributed by atoms with Gasteiger partial charge in [-0.3, -0.25) is 0 Å². The third kappa shape index (κ3) is 2.75. The van der Waals surface area contributed by atoms with Crippen molar-refractivity contribution in [3.63, 3.8) is 0 Å². The van der Waals surface area contributed by atoms with Crippen LogP contribution >= 0.6 is 23.2 Å². The largest absolute Gasteiger partial charge is 0.449 e. The predicted octanol–water partition coefficient (Wildman–Crippen LogP) is 2.68. The Morgan fingerprint density at radius 2 is 1.94 bits per heavy atom. The van der Waals surface area contributed by atoms with E-state index in [9.17, 15) is 9.90 Å². The van der Waals surface area contributed by atoms with E-state index in [0.717, 1.165) is 5.56 Å². The van der Waals surface area contributed by atoms with Gasteiger partial charge in [0, 0.05) is 0 Å². The Bertz CT molecular complexity index is 508. The van der Waals surface area contributed by atoms with Gasteiger partial charge in [0.05, 0.1) is 5.03 Å². The van der Waals surface area contributed by atoms with Crippen LogP contribution in [0.4, 0.5) is 0 Å². The quantitative estimate of drug-likeness (QED) is 0.868. The van der Waals surface area contributed by atoms with E-state index in [1.807, 2.05) is 30.3 Å². The molecule has 1 aromatic rings. The van der Waals surface area contributed by atoms with Crippen LogP contribution in [0.2, 0.25) is 0 Å². The molecule has 0 saturated heterocycles. The Morgan fingerprint density at radius 1 is 1.28 bits per heavy atom. The number of halogens is 2. The Morgan fingerprint density at radius 3 is 2.50 bits per heavy atom. The minimum Gasteiger partial charge on any atom is -0.449 e. The van der Waals surface area contributed by atoms with Gasteiger partial charge < -0.3 is 9.84 Å². The maximum atomic E-state index is 11.1. The van der Waals surface area contributed by atoms with Crippen molar-refractivity contribution in [2.45, 2.75) is 12.2 Å². The molecule has 0 fully saturated rings. The van der Waals surface area contributed by atoms with Crippen LogP contribution in [0, 0.1) is 0 Å². The molecule has 0 aliphatic carbocycles. The third-order valence-corrected chi connectivity index (χ3v) is 3.33. The molecule has 1 aliphatic heterocycles. The summed E-state index contributed by atoms with van der Waals surface area (Å²) in [5.74, 6) is -0.709. The summed E-state index contributed by atoms with van der Waals surface area (Å²) >= 11 is 11.4. The lowest BCUT2D eigenvalue weighted by molar-refractivity contribution is -0.141. The number of aliphatic hydroxyl groups excluding tert-OH is 1. The van der Waals surface area contributed by atoms with Gasteiger partial charge in [0.25, 0.3) is 0 Å². The van der Waals surface area contributed by atoms with Crippen molar-refractivity contribution in [3.8, 4) is 0 Å². The number of ether oxygens (including phenoxy) is 1. The molecule has 0 unspecified atom stereocenters.